The molecule has 288 valence electrons. The molecule has 53 heavy (non-hydrogen) atoms. The lowest BCUT2D eigenvalue weighted by Gasteiger charge is -2.70. The number of para-hydroxylation sites is 1. The number of aryl methyl sites for hydroxylation is 1. The molecule has 8 heteroatoms. The van der Waals surface area contributed by atoms with Crippen LogP contribution in [-0.2, 0) is 36.9 Å². The Labute approximate surface area is 315 Å². The van der Waals surface area contributed by atoms with Crippen molar-refractivity contribution in [3.05, 3.63) is 47.7 Å². The van der Waals surface area contributed by atoms with Crippen LogP contribution in [0.4, 0.5) is 0 Å². The average molecular weight is 727 g/mol. The standard InChI is InChI=1S/C45H62N2O6/c1-28(48)53-36-16-17-43(6)35(40(36,2)3)15-18-45(8)38(43)34(49)26-31-32-27-42(5,20-19-41(32,4)21-22-44(31,45)7)39(52)46-23-24-47-30(13-14-37(50)51)25-29-11-9-10-12-33(29)47/h9-12,25-26,32,35-36,38H,13-24,27H2,1-8H3,(H,46,52)(H,50,51)/t32-,35-,36-,38+,41+,42-,43-,44+,45+/m0/s1. The number of esters is 1. The SMILES string of the molecule is CC(=O)O[C@H]1CC[C@]2(C)[C@H]3C(=O)C=C4[C@@H]5C[C@@](C)(C(=O)NCCn6c(CCC(=O)O)cc7ccccc76)CC[C@]5(C)CC[C@@]4(C)[C@]3(C)CC[C@H]2C1(C)C. The number of carboxylic acid groups (broad SMARTS) is 1. The fraction of sp³-hybridized carbons (Fsp3) is 0.689. The number of amides is 1. The Kier molecular flexibility index (Phi) is 9.17. The van der Waals surface area contributed by atoms with E-state index in [0.717, 1.165) is 74.4 Å². The van der Waals surface area contributed by atoms with E-state index in [2.05, 4.69) is 76.6 Å². The summed E-state index contributed by atoms with van der Waals surface area (Å²) in [5.74, 6) is -0.356. The van der Waals surface area contributed by atoms with Crippen LogP contribution >= 0.6 is 0 Å². The highest BCUT2D eigenvalue weighted by molar-refractivity contribution is 5.96. The number of rotatable bonds is 8. The van der Waals surface area contributed by atoms with Gasteiger partial charge >= 0.3 is 11.9 Å². The number of nitrogens with one attached hydrogen (secondary N) is 1. The molecule has 0 radical (unpaired) electrons. The smallest absolute Gasteiger partial charge is 0.303 e. The van der Waals surface area contributed by atoms with Gasteiger partial charge in [-0.25, -0.2) is 0 Å². The van der Waals surface area contributed by atoms with Crippen LogP contribution in [-0.4, -0.2) is 46.0 Å². The third-order valence-electron chi connectivity index (χ3n) is 16.5. The quantitative estimate of drug-likeness (QED) is 0.263. The zero-order chi connectivity index (χ0) is 38.4. The molecule has 1 heterocycles. The van der Waals surface area contributed by atoms with Crippen molar-refractivity contribution in [3.63, 3.8) is 0 Å². The molecular formula is C45H62N2O6. The third-order valence-corrected chi connectivity index (χ3v) is 16.5. The Morgan fingerprint density at radius 2 is 1.66 bits per heavy atom. The molecule has 8 nitrogen and oxygen atoms in total. The van der Waals surface area contributed by atoms with Crippen LogP contribution in [0.1, 0.15) is 125 Å². The van der Waals surface area contributed by atoms with Gasteiger partial charge in [0.05, 0.1) is 6.42 Å². The first-order valence-corrected chi connectivity index (χ1v) is 20.3. The summed E-state index contributed by atoms with van der Waals surface area (Å²) in [6.45, 7) is 18.8. The van der Waals surface area contributed by atoms with Gasteiger partial charge in [0, 0.05) is 48.0 Å². The summed E-state index contributed by atoms with van der Waals surface area (Å²) in [6.07, 6.45) is 10.8. The van der Waals surface area contributed by atoms with Gasteiger partial charge in [-0.05, 0) is 121 Å². The second-order valence-electron chi connectivity index (χ2n) is 19.7. The fourth-order valence-electron chi connectivity index (χ4n) is 13.2. The summed E-state index contributed by atoms with van der Waals surface area (Å²) in [5.41, 5.74) is 2.06. The highest BCUT2D eigenvalue weighted by atomic mass is 16.5. The van der Waals surface area contributed by atoms with Crippen LogP contribution in [0, 0.1) is 50.2 Å². The number of benzene rings is 1. The van der Waals surface area contributed by atoms with Gasteiger partial charge in [-0.1, -0.05) is 72.2 Å². The van der Waals surface area contributed by atoms with Crippen molar-refractivity contribution in [2.45, 2.75) is 139 Å². The molecule has 5 aliphatic rings. The number of ether oxygens (including phenoxy) is 1. The molecule has 0 bridgehead atoms. The average Bonchev–Trinajstić information content (AvgIpc) is 3.44. The highest BCUT2D eigenvalue weighted by Gasteiger charge is 2.70. The van der Waals surface area contributed by atoms with Gasteiger partial charge in [0.25, 0.3) is 0 Å². The van der Waals surface area contributed by atoms with E-state index < -0.39 is 11.4 Å². The highest BCUT2D eigenvalue weighted by Crippen LogP contribution is 2.75. The van der Waals surface area contributed by atoms with Crippen LogP contribution in [0.2, 0.25) is 0 Å². The largest absolute Gasteiger partial charge is 0.481 e. The predicted octanol–water partition coefficient (Wildman–Crippen LogP) is 8.69. The topological polar surface area (TPSA) is 115 Å². The maximum Gasteiger partial charge on any atom is 0.303 e. The minimum Gasteiger partial charge on any atom is -0.481 e. The van der Waals surface area contributed by atoms with Crippen LogP contribution in [0.25, 0.3) is 10.9 Å². The van der Waals surface area contributed by atoms with Gasteiger partial charge < -0.3 is 19.7 Å². The van der Waals surface area contributed by atoms with E-state index in [1.165, 1.54) is 12.5 Å². The molecule has 0 saturated heterocycles. The maximum atomic E-state index is 14.8. The minimum absolute atomic E-state index is 0.0445. The Morgan fingerprint density at radius 1 is 0.943 bits per heavy atom. The zero-order valence-electron chi connectivity index (χ0n) is 33.4. The number of fused-ring (bicyclic) bond motifs is 8. The normalized spacial score (nSPS) is 38.8. The van der Waals surface area contributed by atoms with E-state index in [-0.39, 0.29) is 75.0 Å². The molecule has 2 aromatic rings. The van der Waals surface area contributed by atoms with Crippen molar-refractivity contribution in [1.29, 1.82) is 0 Å². The number of carbonyl (C=O) groups is 4. The van der Waals surface area contributed by atoms with Crippen LogP contribution in [0.15, 0.2) is 42.0 Å². The van der Waals surface area contributed by atoms with Crippen LogP contribution < -0.4 is 5.32 Å². The van der Waals surface area contributed by atoms with E-state index in [4.69, 9.17) is 4.74 Å². The van der Waals surface area contributed by atoms with Gasteiger partial charge in [-0.15, -0.1) is 0 Å². The first-order valence-electron chi connectivity index (χ1n) is 20.3. The van der Waals surface area contributed by atoms with Gasteiger partial charge in [0.1, 0.15) is 6.10 Å². The summed E-state index contributed by atoms with van der Waals surface area (Å²) >= 11 is 0. The lowest BCUT2D eigenvalue weighted by atomic mass is 9.33. The lowest BCUT2D eigenvalue weighted by Crippen LogP contribution is -2.66. The van der Waals surface area contributed by atoms with Gasteiger partial charge in [-0.3, -0.25) is 19.2 Å². The van der Waals surface area contributed by atoms with Crippen LogP contribution in [0.3, 0.4) is 0 Å². The second kappa shape index (κ2) is 12.8. The van der Waals surface area contributed by atoms with Crippen molar-refractivity contribution in [2.24, 2.45) is 50.2 Å². The molecule has 1 amide bonds. The second-order valence-corrected chi connectivity index (χ2v) is 19.7. The molecule has 1 aromatic carbocycles. The molecule has 5 aliphatic carbocycles. The number of aliphatic carboxylic acids is 1. The number of hydrogen-bond donors (Lipinski definition) is 2. The van der Waals surface area contributed by atoms with Crippen molar-refractivity contribution < 1.29 is 29.0 Å². The third kappa shape index (κ3) is 5.82. The number of carbonyl (C=O) groups excluding carboxylic acids is 3. The van der Waals surface area contributed by atoms with Gasteiger partial charge in [0.2, 0.25) is 5.91 Å². The number of ketones is 1. The molecule has 9 atom stereocenters. The Morgan fingerprint density at radius 3 is 2.38 bits per heavy atom. The Bertz CT molecular complexity index is 1870. The fourth-order valence-corrected chi connectivity index (χ4v) is 13.2. The lowest BCUT2D eigenvalue weighted by molar-refractivity contribution is -0.210. The number of nitrogens with zero attached hydrogens (tertiary/aromatic N) is 1. The molecule has 2 N–H and O–H groups in total. The first-order chi connectivity index (χ1) is 24.8. The van der Waals surface area contributed by atoms with Gasteiger partial charge in [-0.2, -0.15) is 0 Å². The number of allylic oxidation sites excluding steroid dienone is 2. The van der Waals surface area contributed by atoms with E-state index in [9.17, 15) is 24.3 Å². The summed E-state index contributed by atoms with van der Waals surface area (Å²) < 4.78 is 8.05. The van der Waals surface area contributed by atoms with Crippen molar-refractivity contribution >= 4 is 34.5 Å². The molecule has 0 aliphatic heterocycles. The summed E-state index contributed by atoms with van der Waals surface area (Å²) in [7, 11) is 0. The monoisotopic (exact) mass is 726 g/mol. The molecule has 0 unspecified atom stereocenters. The summed E-state index contributed by atoms with van der Waals surface area (Å²) in [5, 5.41) is 13.7. The number of aromatic nitrogens is 1. The Hall–Kier alpha value is -3.42. The van der Waals surface area contributed by atoms with E-state index in [0.29, 0.717) is 19.5 Å². The predicted molar refractivity (Wildman–Crippen MR) is 206 cm³/mol. The maximum absolute atomic E-state index is 14.8. The molecule has 0 spiro atoms. The molecular weight excluding hydrogens is 665 g/mol. The van der Waals surface area contributed by atoms with Gasteiger partial charge in [0.15, 0.2) is 5.78 Å². The van der Waals surface area contributed by atoms with E-state index in [1.54, 1.807) is 0 Å². The zero-order valence-corrected chi connectivity index (χ0v) is 33.4. The summed E-state index contributed by atoms with van der Waals surface area (Å²) in [6, 6.07) is 10.1. The summed E-state index contributed by atoms with van der Waals surface area (Å²) in [4.78, 5) is 52.5. The molecule has 7 rings (SSSR count). The van der Waals surface area contributed by atoms with E-state index in [1.807, 2.05) is 18.2 Å². The van der Waals surface area contributed by atoms with Crippen molar-refractivity contribution in [1.82, 2.24) is 9.88 Å². The molecule has 4 fully saturated rings. The first kappa shape index (κ1) is 37.9. The minimum atomic E-state index is -0.820. The number of carboxylic acids is 1. The van der Waals surface area contributed by atoms with Crippen molar-refractivity contribution in [3.8, 4) is 0 Å². The molecule has 1 aromatic heterocycles. The van der Waals surface area contributed by atoms with Crippen LogP contribution in [0.5, 0.6) is 0 Å². The van der Waals surface area contributed by atoms with E-state index >= 15 is 0 Å². The number of hydrogen-bond acceptors (Lipinski definition) is 5. The van der Waals surface area contributed by atoms with Crippen molar-refractivity contribution in [2.75, 3.05) is 6.54 Å². The Balaban J connectivity index is 1.13. The molecule has 4 saturated carbocycles.